The fraction of sp³-hybridized carbons (Fsp3) is 0.471. The molecule has 1 unspecified atom stereocenters. The fourth-order valence-corrected chi connectivity index (χ4v) is 3.18. The molecule has 4 nitrogen and oxygen atoms in total. The van der Waals surface area contributed by atoms with Crippen molar-refractivity contribution in [3.8, 4) is 0 Å². The maximum absolute atomic E-state index is 10.8. The molecule has 112 valence electrons. The monoisotopic (exact) mass is 287 g/mol. The Morgan fingerprint density at radius 1 is 1.38 bits per heavy atom. The van der Waals surface area contributed by atoms with Gasteiger partial charge in [0.25, 0.3) is 0 Å². The van der Waals surface area contributed by atoms with Crippen molar-refractivity contribution in [1.82, 2.24) is 4.90 Å². The first kappa shape index (κ1) is 14.1. The number of piperidine rings is 1. The van der Waals surface area contributed by atoms with Gasteiger partial charge in [-0.2, -0.15) is 0 Å². The number of likely N-dealkylation sites (tertiary alicyclic amines) is 1. The number of carbonyl (C=O) groups is 1. The van der Waals surface area contributed by atoms with E-state index in [9.17, 15) is 4.79 Å². The number of hydrogen-bond acceptors (Lipinski definition) is 3. The number of para-hydroxylation sites is 1. The molecule has 1 aliphatic rings. The van der Waals surface area contributed by atoms with Gasteiger partial charge in [0.05, 0.1) is 6.04 Å². The third kappa shape index (κ3) is 3.10. The third-order valence-corrected chi connectivity index (χ3v) is 4.52. The minimum atomic E-state index is -0.682. The average Bonchev–Trinajstić information content (AvgIpc) is 2.90. The SMILES string of the molecule is CC(c1cc2ccccc2o1)N1CCC(CC(=O)O)CC1. The van der Waals surface area contributed by atoms with Gasteiger partial charge in [-0.3, -0.25) is 9.69 Å². The summed E-state index contributed by atoms with van der Waals surface area (Å²) in [6.07, 6.45) is 2.21. The molecule has 21 heavy (non-hydrogen) atoms. The first-order chi connectivity index (χ1) is 10.1. The third-order valence-electron chi connectivity index (χ3n) is 4.52. The van der Waals surface area contributed by atoms with Gasteiger partial charge in [-0.15, -0.1) is 0 Å². The second-order valence-corrected chi connectivity index (χ2v) is 5.94. The number of fused-ring (bicyclic) bond motifs is 1. The second-order valence-electron chi connectivity index (χ2n) is 5.94. The molecule has 1 fully saturated rings. The number of carboxylic acid groups (broad SMARTS) is 1. The van der Waals surface area contributed by atoms with Gasteiger partial charge in [0.15, 0.2) is 0 Å². The molecule has 2 aromatic rings. The van der Waals surface area contributed by atoms with Crippen LogP contribution in [0.1, 0.15) is 38.0 Å². The average molecular weight is 287 g/mol. The summed E-state index contributed by atoms with van der Waals surface area (Å²) in [6, 6.07) is 10.4. The summed E-state index contributed by atoms with van der Waals surface area (Å²) < 4.78 is 5.94. The Hall–Kier alpha value is -1.81. The number of carboxylic acids is 1. The zero-order valence-corrected chi connectivity index (χ0v) is 12.3. The Kier molecular flexibility index (Phi) is 3.97. The molecule has 4 heteroatoms. The van der Waals surface area contributed by atoms with Crippen LogP contribution in [0.2, 0.25) is 0 Å². The molecule has 2 heterocycles. The normalized spacial score (nSPS) is 18.9. The summed E-state index contributed by atoms with van der Waals surface area (Å²) in [5, 5.41) is 10.0. The molecule has 1 aromatic carbocycles. The standard InChI is InChI=1S/C17H21NO3/c1-12(16-11-14-4-2-3-5-15(14)21-16)18-8-6-13(7-9-18)10-17(19)20/h2-5,11-13H,6-10H2,1H3,(H,19,20). The molecule has 0 saturated carbocycles. The maximum Gasteiger partial charge on any atom is 0.303 e. The summed E-state index contributed by atoms with van der Waals surface area (Å²) in [5.41, 5.74) is 0.931. The van der Waals surface area contributed by atoms with E-state index < -0.39 is 5.97 Å². The number of rotatable bonds is 4. The minimum Gasteiger partial charge on any atom is -0.481 e. The highest BCUT2D eigenvalue weighted by atomic mass is 16.4. The van der Waals surface area contributed by atoms with Gasteiger partial charge < -0.3 is 9.52 Å². The van der Waals surface area contributed by atoms with Crippen LogP contribution in [0, 0.1) is 5.92 Å². The van der Waals surface area contributed by atoms with Crippen molar-refractivity contribution < 1.29 is 14.3 Å². The predicted molar refractivity (Wildman–Crippen MR) is 81.2 cm³/mol. The summed E-state index contributed by atoms with van der Waals surface area (Å²) in [7, 11) is 0. The molecule has 3 rings (SSSR count). The van der Waals surface area contributed by atoms with E-state index in [1.54, 1.807) is 0 Å². The van der Waals surface area contributed by atoms with Gasteiger partial charge >= 0.3 is 5.97 Å². The second kappa shape index (κ2) is 5.90. The van der Waals surface area contributed by atoms with E-state index in [-0.39, 0.29) is 6.04 Å². The highest BCUT2D eigenvalue weighted by Crippen LogP contribution is 2.31. The van der Waals surface area contributed by atoms with E-state index in [1.807, 2.05) is 18.2 Å². The molecule has 0 radical (unpaired) electrons. The number of hydrogen-bond donors (Lipinski definition) is 1. The Labute approximate surface area is 124 Å². The predicted octanol–water partition coefficient (Wildman–Crippen LogP) is 3.68. The zero-order valence-electron chi connectivity index (χ0n) is 12.3. The van der Waals surface area contributed by atoms with Crippen molar-refractivity contribution >= 4 is 16.9 Å². The van der Waals surface area contributed by atoms with E-state index in [1.165, 1.54) is 0 Å². The van der Waals surface area contributed by atoms with E-state index in [4.69, 9.17) is 9.52 Å². The van der Waals surface area contributed by atoms with Crippen LogP contribution in [0.5, 0.6) is 0 Å². The summed E-state index contributed by atoms with van der Waals surface area (Å²) in [6.45, 7) is 4.04. The summed E-state index contributed by atoms with van der Waals surface area (Å²) in [4.78, 5) is 13.2. The van der Waals surface area contributed by atoms with Crippen molar-refractivity contribution in [2.24, 2.45) is 5.92 Å². The van der Waals surface area contributed by atoms with Crippen molar-refractivity contribution in [3.63, 3.8) is 0 Å². The van der Waals surface area contributed by atoms with Crippen molar-refractivity contribution in [2.45, 2.75) is 32.2 Å². The maximum atomic E-state index is 10.8. The quantitative estimate of drug-likeness (QED) is 0.932. The molecular formula is C17H21NO3. The van der Waals surface area contributed by atoms with Gasteiger partial charge in [-0.1, -0.05) is 18.2 Å². The van der Waals surface area contributed by atoms with Crippen LogP contribution < -0.4 is 0 Å². The van der Waals surface area contributed by atoms with Crippen molar-refractivity contribution in [1.29, 1.82) is 0 Å². The van der Waals surface area contributed by atoms with Crippen LogP contribution >= 0.6 is 0 Å². The van der Waals surface area contributed by atoms with Crippen LogP contribution in [0.4, 0.5) is 0 Å². The molecule has 1 N–H and O–H groups in total. The lowest BCUT2D eigenvalue weighted by atomic mass is 9.92. The molecule has 1 aliphatic heterocycles. The van der Waals surface area contributed by atoms with Crippen LogP contribution in [0.3, 0.4) is 0 Å². The van der Waals surface area contributed by atoms with E-state index in [0.29, 0.717) is 12.3 Å². The summed E-state index contributed by atoms with van der Waals surface area (Å²) in [5.74, 6) is 0.633. The lowest BCUT2D eigenvalue weighted by molar-refractivity contribution is -0.138. The molecule has 0 amide bonds. The fourth-order valence-electron chi connectivity index (χ4n) is 3.18. The lowest BCUT2D eigenvalue weighted by Crippen LogP contribution is -2.36. The molecule has 0 spiro atoms. The smallest absolute Gasteiger partial charge is 0.303 e. The first-order valence-electron chi connectivity index (χ1n) is 7.58. The summed E-state index contributed by atoms with van der Waals surface area (Å²) >= 11 is 0. The number of nitrogens with zero attached hydrogens (tertiary/aromatic N) is 1. The topological polar surface area (TPSA) is 53.7 Å². The number of furan rings is 1. The Balaban J connectivity index is 1.66. The van der Waals surface area contributed by atoms with Gasteiger partial charge in [-0.25, -0.2) is 0 Å². The van der Waals surface area contributed by atoms with Crippen molar-refractivity contribution in [2.75, 3.05) is 13.1 Å². The zero-order chi connectivity index (χ0) is 14.8. The molecule has 1 aromatic heterocycles. The largest absolute Gasteiger partial charge is 0.481 e. The van der Waals surface area contributed by atoms with Crippen LogP contribution in [0.15, 0.2) is 34.7 Å². The molecule has 0 bridgehead atoms. The number of benzene rings is 1. The van der Waals surface area contributed by atoms with E-state index >= 15 is 0 Å². The Morgan fingerprint density at radius 2 is 2.10 bits per heavy atom. The van der Waals surface area contributed by atoms with Crippen LogP contribution in [0.25, 0.3) is 11.0 Å². The molecule has 0 aliphatic carbocycles. The highest BCUT2D eigenvalue weighted by molar-refractivity contribution is 5.77. The number of aliphatic carboxylic acids is 1. The first-order valence-corrected chi connectivity index (χ1v) is 7.58. The Morgan fingerprint density at radius 3 is 2.76 bits per heavy atom. The van der Waals surface area contributed by atoms with Gasteiger partial charge in [0.2, 0.25) is 0 Å². The van der Waals surface area contributed by atoms with Crippen molar-refractivity contribution in [3.05, 3.63) is 36.1 Å². The van der Waals surface area contributed by atoms with Gasteiger partial charge in [0, 0.05) is 11.8 Å². The van der Waals surface area contributed by atoms with Crippen LogP contribution in [-0.4, -0.2) is 29.1 Å². The lowest BCUT2D eigenvalue weighted by Gasteiger charge is -2.34. The van der Waals surface area contributed by atoms with E-state index in [0.717, 1.165) is 42.7 Å². The highest BCUT2D eigenvalue weighted by Gasteiger charge is 2.26. The van der Waals surface area contributed by atoms with Crippen LogP contribution in [-0.2, 0) is 4.79 Å². The molecule has 1 saturated heterocycles. The van der Waals surface area contributed by atoms with Gasteiger partial charge in [-0.05, 0) is 50.9 Å². The molecular weight excluding hydrogens is 266 g/mol. The van der Waals surface area contributed by atoms with E-state index in [2.05, 4.69) is 24.0 Å². The minimum absolute atomic E-state index is 0.239. The molecule has 1 atom stereocenters. The Bertz CT molecular complexity index is 593. The van der Waals surface area contributed by atoms with Gasteiger partial charge in [0.1, 0.15) is 11.3 Å².